The molecule has 124 valence electrons. The summed E-state index contributed by atoms with van der Waals surface area (Å²) in [4.78, 5) is 30.5. The topological polar surface area (TPSA) is 62.3 Å². The van der Waals surface area contributed by atoms with Crippen molar-refractivity contribution < 1.29 is 9.59 Å². The molecule has 1 aliphatic rings. The van der Waals surface area contributed by atoms with Crippen LogP contribution in [-0.2, 0) is 16.1 Å². The van der Waals surface area contributed by atoms with Crippen LogP contribution < -0.4 is 10.2 Å². The van der Waals surface area contributed by atoms with Gasteiger partial charge in [-0.3, -0.25) is 14.6 Å². The summed E-state index contributed by atoms with van der Waals surface area (Å²) in [5.41, 5.74) is 4.00. The number of benzene rings is 1. The predicted octanol–water partition coefficient (Wildman–Crippen LogP) is 2.37. The quantitative estimate of drug-likeness (QED) is 0.939. The molecule has 1 aromatic carbocycles. The summed E-state index contributed by atoms with van der Waals surface area (Å²) in [6.07, 6.45) is 1.95. The number of nitrogens with one attached hydrogen (secondary N) is 1. The Hall–Kier alpha value is -2.69. The van der Waals surface area contributed by atoms with Crippen molar-refractivity contribution in [2.45, 2.75) is 26.8 Å². The summed E-state index contributed by atoms with van der Waals surface area (Å²) in [6.45, 7) is 4.87. The molecule has 3 rings (SSSR count). The SMILES string of the molecule is Cc1ccc(N2CC(C(=O)NCc3ccccn3)CC2=O)cc1C. The number of hydrogen-bond donors (Lipinski definition) is 1. The summed E-state index contributed by atoms with van der Waals surface area (Å²) in [5, 5.41) is 2.87. The molecule has 1 fully saturated rings. The van der Waals surface area contributed by atoms with Crippen molar-refractivity contribution in [3.63, 3.8) is 0 Å². The van der Waals surface area contributed by atoms with Crippen molar-refractivity contribution in [2.24, 2.45) is 5.92 Å². The zero-order chi connectivity index (χ0) is 17.1. The molecule has 24 heavy (non-hydrogen) atoms. The summed E-state index contributed by atoms with van der Waals surface area (Å²) >= 11 is 0. The first-order valence-corrected chi connectivity index (χ1v) is 8.10. The third kappa shape index (κ3) is 3.45. The molecule has 0 aliphatic carbocycles. The predicted molar refractivity (Wildman–Crippen MR) is 92.5 cm³/mol. The molecule has 1 N–H and O–H groups in total. The minimum absolute atomic E-state index is 0.00348. The van der Waals surface area contributed by atoms with E-state index in [2.05, 4.69) is 10.3 Å². The first-order chi connectivity index (χ1) is 11.5. The molecule has 2 amide bonds. The van der Waals surface area contributed by atoms with Crippen LogP contribution in [-0.4, -0.2) is 23.3 Å². The molecular weight excluding hydrogens is 302 g/mol. The molecular formula is C19H21N3O2. The highest BCUT2D eigenvalue weighted by atomic mass is 16.2. The van der Waals surface area contributed by atoms with Crippen molar-refractivity contribution in [1.82, 2.24) is 10.3 Å². The average Bonchev–Trinajstić information content (AvgIpc) is 2.98. The Kier molecular flexibility index (Phi) is 4.60. The van der Waals surface area contributed by atoms with E-state index in [-0.39, 0.29) is 24.2 Å². The lowest BCUT2D eigenvalue weighted by Crippen LogP contribution is -2.32. The molecule has 1 aliphatic heterocycles. The van der Waals surface area contributed by atoms with Gasteiger partial charge < -0.3 is 10.2 Å². The Balaban J connectivity index is 1.63. The smallest absolute Gasteiger partial charge is 0.227 e. The Labute approximate surface area is 141 Å². The molecule has 2 aromatic rings. The van der Waals surface area contributed by atoms with Gasteiger partial charge in [0.15, 0.2) is 0 Å². The zero-order valence-electron chi connectivity index (χ0n) is 14.0. The Morgan fingerprint density at radius 1 is 1.25 bits per heavy atom. The third-order valence-electron chi connectivity index (χ3n) is 4.47. The Morgan fingerprint density at radius 2 is 2.08 bits per heavy atom. The van der Waals surface area contributed by atoms with Gasteiger partial charge in [0, 0.05) is 24.8 Å². The van der Waals surface area contributed by atoms with Gasteiger partial charge in [0.25, 0.3) is 0 Å². The van der Waals surface area contributed by atoms with Gasteiger partial charge in [-0.25, -0.2) is 0 Å². The van der Waals surface area contributed by atoms with Gasteiger partial charge in [0.2, 0.25) is 11.8 Å². The molecule has 1 atom stereocenters. The number of aryl methyl sites for hydroxylation is 2. The average molecular weight is 323 g/mol. The summed E-state index contributed by atoms with van der Waals surface area (Å²) < 4.78 is 0. The van der Waals surface area contributed by atoms with E-state index in [1.807, 2.05) is 50.2 Å². The number of carbonyl (C=O) groups excluding carboxylic acids is 2. The van der Waals surface area contributed by atoms with Crippen molar-refractivity contribution in [3.8, 4) is 0 Å². The monoisotopic (exact) mass is 323 g/mol. The van der Waals surface area contributed by atoms with Crippen LogP contribution in [0.15, 0.2) is 42.6 Å². The number of nitrogens with zero attached hydrogens (tertiary/aromatic N) is 2. The van der Waals surface area contributed by atoms with Gasteiger partial charge >= 0.3 is 0 Å². The van der Waals surface area contributed by atoms with Crippen molar-refractivity contribution in [2.75, 3.05) is 11.4 Å². The number of amides is 2. The maximum absolute atomic E-state index is 12.3. The fourth-order valence-corrected chi connectivity index (χ4v) is 2.85. The Morgan fingerprint density at radius 3 is 2.79 bits per heavy atom. The minimum atomic E-state index is -0.317. The third-order valence-corrected chi connectivity index (χ3v) is 4.47. The lowest BCUT2D eigenvalue weighted by molar-refractivity contribution is -0.126. The highest BCUT2D eigenvalue weighted by Gasteiger charge is 2.35. The van der Waals surface area contributed by atoms with Crippen LogP contribution in [0.4, 0.5) is 5.69 Å². The highest BCUT2D eigenvalue weighted by Crippen LogP contribution is 2.26. The molecule has 0 saturated carbocycles. The number of hydrogen-bond acceptors (Lipinski definition) is 3. The van der Waals surface area contributed by atoms with Crippen LogP contribution in [0.2, 0.25) is 0 Å². The maximum atomic E-state index is 12.3. The summed E-state index contributed by atoms with van der Waals surface area (Å²) in [5.74, 6) is -0.417. The molecule has 2 heterocycles. The first kappa shape index (κ1) is 16.2. The van der Waals surface area contributed by atoms with E-state index in [9.17, 15) is 9.59 Å². The van der Waals surface area contributed by atoms with E-state index in [0.29, 0.717) is 13.1 Å². The maximum Gasteiger partial charge on any atom is 0.227 e. The van der Waals surface area contributed by atoms with E-state index in [0.717, 1.165) is 16.9 Å². The lowest BCUT2D eigenvalue weighted by Gasteiger charge is -2.18. The molecule has 1 aromatic heterocycles. The van der Waals surface area contributed by atoms with Crippen molar-refractivity contribution in [3.05, 3.63) is 59.4 Å². The van der Waals surface area contributed by atoms with Crippen LogP contribution in [0.25, 0.3) is 0 Å². The number of rotatable bonds is 4. The van der Waals surface area contributed by atoms with Gasteiger partial charge in [0.1, 0.15) is 0 Å². The van der Waals surface area contributed by atoms with Gasteiger partial charge in [-0.05, 0) is 49.2 Å². The normalized spacial score (nSPS) is 17.2. The molecule has 0 bridgehead atoms. The van der Waals surface area contributed by atoms with Gasteiger partial charge in [0.05, 0.1) is 18.2 Å². The van der Waals surface area contributed by atoms with Gasteiger partial charge in [-0.15, -0.1) is 0 Å². The second kappa shape index (κ2) is 6.83. The minimum Gasteiger partial charge on any atom is -0.350 e. The second-order valence-corrected chi connectivity index (χ2v) is 6.21. The molecule has 1 unspecified atom stereocenters. The lowest BCUT2D eigenvalue weighted by atomic mass is 10.1. The van der Waals surface area contributed by atoms with Crippen LogP contribution in [0.5, 0.6) is 0 Å². The van der Waals surface area contributed by atoms with Crippen LogP contribution in [0.3, 0.4) is 0 Å². The number of pyridine rings is 1. The number of carbonyl (C=O) groups is 2. The van der Waals surface area contributed by atoms with Crippen molar-refractivity contribution >= 4 is 17.5 Å². The summed E-state index contributed by atoms with van der Waals surface area (Å²) in [6, 6.07) is 11.5. The Bertz CT molecular complexity index is 758. The van der Waals surface area contributed by atoms with Crippen LogP contribution in [0.1, 0.15) is 23.2 Å². The number of aromatic nitrogens is 1. The van der Waals surface area contributed by atoms with E-state index >= 15 is 0 Å². The number of anilines is 1. The van der Waals surface area contributed by atoms with Gasteiger partial charge in [-0.2, -0.15) is 0 Å². The molecule has 5 nitrogen and oxygen atoms in total. The van der Waals surface area contributed by atoms with Crippen molar-refractivity contribution in [1.29, 1.82) is 0 Å². The largest absolute Gasteiger partial charge is 0.350 e. The van der Waals surface area contributed by atoms with E-state index in [1.54, 1.807) is 11.1 Å². The fraction of sp³-hybridized carbons (Fsp3) is 0.316. The van der Waals surface area contributed by atoms with Gasteiger partial charge in [-0.1, -0.05) is 12.1 Å². The molecule has 0 spiro atoms. The molecule has 1 saturated heterocycles. The van der Waals surface area contributed by atoms with E-state index < -0.39 is 0 Å². The molecule has 5 heteroatoms. The highest BCUT2D eigenvalue weighted by molar-refractivity contribution is 6.00. The molecule has 0 radical (unpaired) electrons. The second-order valence-electron chi connectivity index (χ2n) is 6.21. The zero-order valence-corrected chi connectivity index (χ0v) is 14.0. The van der Waals surface area contributed by atoms with Crippen LogP contribution in [0, 0.1) is 19.8 Å². The standard InChI is InChI=1S/C19H21N3O2/c1-13-6-7-17(9-14(13)2)22-12-15(10-18(22)23)19(24)21-11-16-5-3-4-8-20-16/h3-9,15H,10-12H2,1-2H3,(H,21,24). The fourth-order valence-electron chi connectivity index (χ4n) is 2.85. The van der Waals surface area contributed by atoms with E-state index in [4.69, 9.17) is 0 Å². The first-order valence-electron chi connectivity index (χ1n) is 8.10. The summed E-state index contributed by atoms with van der Waals surface area (Å²) in [7, 11) is 0. The van der Waals surface area contributed by atoms with E-state index in [1.165, 1.54) is 5.56 Å². The van der Waals surface area contributed by atoms with Crippen LogP contribution >= 0.6 is 0 Å².